The first-order valence-electron chi connectivity index (χ1n) is 13.7. The second kappa shape index (κ2) is 10.5. The summed E-state index contributed by atoms with van der Waals surface area (Å²) in [6.45, 7) is 9.64. The van der Waals surface area contributed by atoms with Crippen molar-refractivity contribution in [3.8, 4) is 5.75 Å². The Bertz CT molecular complexity index is 1200. The molecule has 1 aliphatic carbocycles. The topological polar surface area (TPSA) is 98.3 Å². The Labute approximate surface area is 229 Å². The van der Waals surface area contributed by atoms with Crippen LogP contribution in [0.2, 0.25) is 0 Å². The second-order valence-corrected chi connectivity index (χ2v) is 11.7. The van der Waals surface area contributed by atoms with Gasteiger partial charge in [0, 0.05) is 69.8 Å². The summed E-state index contributed by atoms with van der Waals surface area (Å²) < 4.78 is 19.3. The maximum atomic E-state index is 13.9. The number of aliphatic imine (C=N–C) groups is 1. The molecule has 1 aromatic carbocycles. The summed E-state index contributed by atoms with van der Waals surface area (Å²) in [5, 5.41) is 9.25. The number of ether oxygens (including phenoxy) is 1. The highest BCUT2D eigenvalue weighted by Gasteiger charge is 2.49. The average molecular weight is 539 g/mol. The zero-order chi connectivity index (χ0) is 27.8. The van der Waals surface area contributed by atoms with E-state index in [2.05, 4.69) is 27.5 Å². The minimum atomic E-state index is -1.77. The van der Waals surface area contributed by atoms with Crippen molar-refractivity contribution >= 4 is 17.8 Å². The summed E-state index contributed by atoms with van der Waals surface area (Å²) in [7, 11) is 1.65. The third-order valence-electron chi connectivity index (χ3n) is 7.75. The third kappa shape index (κ3) is 6.37. The molecule has 2 unspecified atom stereocenters. The maximum Gasteiger partial charge on any atom is 0.318 e. The largest absolute Gasteiger partial charge is 0.459 e. The van der Waals surface area contributed by atoms with Gasteiger partial charge in [-0.25, -0.2) is 9.59 Å². The number of amides is 4. The number of benzene rings is 1. The molecular formula is C29H39FN6O3. The molecule has 0 bridgehead atoms. The smallest absolute Gasteiger partial charge is 0.318 e. The molecule has 3 heterocycles. The first kappa shape index (κ1) is 27.0. The van der Waals surface area contributed by atoms with Crippen LogP contribution in [0.5, 0.6) is 5.75 Å². The summed E-state index contributed by atoms with van der Waals surface area (Å²) >= 11 is 0. The molecule has 2 saturated heterocycles. The van der Waals surface area contributed by atoms with Crippen molar-refractivity contribution < 1.29 is 18.7 Å². The van der Waals surface area contributed by atoms with Crippen molar-refractivity contribution in [3.63, 3.8) is 0 Å². The van der Waals surface area contributed by atoms with Gasteiger partial charge in [-0.05, 0) is 49.5 Å². The van der Waals surface area contributed by atoms with E-state index < -0.39 is 5.85 Å². The first-order chi connectivity index (χ1) is 18.5. The molecule has 0 aromatic heterocycles. The molecule has 2 atom stereocenters. The van der Waals surface area contributed by atoms with Crippen LogP contribution in [0.15, 0.2) is 53.2 Å². The van der Waals surface area contributed by atoms with Crippen molar-refractivity contribution in [2.45, 2.75) is 57.5 Å². The van der Waals surface area contributed by atoms with Crippen LogP contribution in [0, 0.1) is 5.41 Å². The maximum absolute atomic E-state index is 13.9. The Morgan fingerprint density at radius 1 is 1.33 bits per heavy atom. The van der Waals surface area contributed by atoms with Gasteiger partial charge in [-0.15, -0.1) is 0 Å². The van der Waals surface area contributed by atoms with Gasteiger partial charge in [0.25, 0.3) is 0 Å². The number of urea groups is 2. The van der Waals surface area contributed by atoms with Gasteiger partial charge in [0.15, 0.2) is 0 Å². The molecule has 0 radical (unpaired) electrons. The van der Waals surface area contributed by atoms with Crippen molar-refractivity contribution in [1.82, 2.24) is 25.8 Å². The number of halogens is 1. The van der Waals surface area contributed by atoms with Gasteiger partial charge in [0.05, 0.1) is 18.3 Å². The molecule has 4 aliphatic rings. The van der Waals surface area contributed by atoms with E-state index in [0.717, 1.165) is 54.8 Å². The minimum Gasteiger partial charge on any atom is -0.459 e. The van der Waals surface area contributed by atoms with E-state index in [4.69, 9.17) is 4.74 Å². The molecule has 3 aliphatic heterocycles. The molecule has 9 nitrogen and oxygen atoms in total. The Morgan fingerprint density at radius 2 is 2.13 bits per heavy atom. The minimum absolute atomic E-state index is 0.0666. The number of likely N-dealkylation sites (tertiary alicyclic amines) is 1. The first-order valence-corrected chi connectivity index (χ1v) is 13.7. The van der Waals surface area contributed by atoms with E-state index in [1.807, 2.05) is 28.0 Å². The molecule has 10 heteroatoms. The van der Waals surface area contributed by atoms with E-state index in [-0.39, 0.29) is 29.6 Å². The van der Waals surface area contributed by atoms with Gasteiger partial charge < -0.3 is 30.5 Å². The fraction of sp³-hybridized carbons (Fsp3) is 0.552. The summed E-state index contributed by atoms with van der Waals surface area (Å²) in [6.07, 6.45) is 5.57. The van der Waals surface area contributed by atoms with Crippen LogP contribution in [0.4, 0.5) is 14.0 Å². The monoisotopic (exact) mass is 538 g/mol. The quantitative estimate of drug-likeness (QED) is 0.494. The number of nitrogens with one attached hydrogen (secondary N) is 3. The van der Waals surface area contributed by atoms with Crippen LogP contribution in [-0.2, 0) is 0 Å². The fourth-order valence-electron chi connectivity index (χ4n) is 6.01. The van der Waals surface area contributed by atoms with Gasteiger partial charge in [-0.1, -0.05) is 18.7 Å². The molecular weight excluding hydrogens is 499 g/mol. The average Bonchev–Trinajstić information content (AvgIpc) is 3.48. The number of piperidine rings is 1. The third-order valence-corrected chi connectivity index (χ3v) is 7.75. The molecule has 3 fully saturated rings. The number of rotatable bonds is 7. The van der Waals surface area contributed by atoms with E-state index in [0.29, 0.717) is 31.9 Å². The predicted molar refractivity (Wildman–Crippen MR) is 149 cm³/mol. The molecule has 39 heavy (non-hydrogen) atoms. The molecule has 1 spiro atoms. The highest BCUT2D eigenvalue weighted by atomic mass is 19.2. The summed E-state index contributed by atoms with van der Waals surface area (Å²) in [6, 6.07) is 7.13. The lowest BCUT2D eigenvalue weighted by molar-refractivity contribution is -0.0257. The standard InChI is InChI=1S/C29H39FN6O3/c1-19-12-29(17-34-19)13-23(16-35(18-29)26(37)31-4)36(22-8-9-22)27(38)33-15-20-10-25(32-14-20)21-6-5-7-24(11-21)39-28(2,3)30/h5-7,10-11,22-23,34H,1,8-9,12-18H2,2-4H3,(H,31,37)(H,33,38). The van der Waals surface area contributed by atoms with Crippen LogP contribution in [0.1, 0.15) is 45.1 Å². The van der Waals surface area contributed by atoms with E-state index in [9.17, 15) is 14.0 Å². The van der Waals surface area contributed by atoms with Gasteiger partial charge in [-0.3, -0.25) is 4.99 Å². The van der Waals surface area contributed by atoms with Crippen molar-refractivity contribution in [3.05, 3.63) is 53.8 Å². The zero-order valence-electron chi connectivity index (χ0n) is 23.1. The van der Waals surface area contributed by atoms with Crippen LogP contribution < -0.4 is 20.7 Å². The molecule has 3 N–H and O–H groups in total. The number of nitrogens with zero attached hydrogens (tertiary/aromatic N) is 3. The number of carbonyl (C=O) groups excluding carboxylic acids is 2. The number of carbonyl (C=O) groups is 2. The van der Waals surface area contributed by atoms with E-state index in [1.54, 1.807) is 19.2 Å². The lowest BCUT2D eigenvalue weighted by Gasteiger charge is -2.47. The second-order valence-electron chi connectivity index (χ2n) is 11.7. The highest BCUT2D eigenvalue weighted by molar-refractivity contribution is 6.10. The number of alkyl halides is 1. The Morgan fingerprint density at radius 3 is 2.79 bits per heavy atom. The lowest BCUT2D eigenvalue weighted by atomic mass is 9.76. The van der Waals surface area contributed by atoms with E-state index in [1.165, 1.54) is 13.8 Å². The summed E-state index contributed by atoms with van der Waals surface area (Å²) in [5.74, 6) is -1.33. The number of allylic oxidation sites excluding steroid dienone is 2. The highest BCUT2D eigenvalue weighted by Crippen LogP contribution is 2.42. The van der Waals surface area contributed by atoms with Crippen molar-refractivity contribution in [2.75, 3.05) is 39.8 Å². The Balaban J connectivity index is 1.24. The predicted octanol–water partition coefficient (Wildman–Crippen LogP) is 3.58. The summed E-state index contributed by atoms with van der Waals surface area (Å²) in [5.41, 5.74) is 3.49. The molecule has 1 aromatic rings. The van der Waals surface area contributed by atoms with Gasteiger partial charge in [0.1, 0.15) is 5.75 Å². The van der Waals surface area contributed by atoms with E-state index >= 15 is 0 Å². The Kier molecular flexibility index (Phi) is 7.31. The van der Waals surface area contributed by atoms with Crippen LogP contribution >= 0.6 is 0 Å². The SMILES string of the molecule is C=C1CC2(CN1)CC(N(C(=O)NCC1=CC(c3cccc(OC(C)(C)F)c3)=NC1)C1CC1)CN(C(=O)NC)C2. The normalized spacial score (nSPS) is 24.7. The fourth-order valence-corrected chi connectivity index (χ4v) is 6.01. The summed E-state index contributed by atoms with van der Waals surface area (Å²) in [4.78, 5) is 34.7. The Hall–Kier alpha value is -3.56. The molecule has 4 amide bonds. The van der Waals surface area contributed by atoms with Gasteiger partial charge in [0.2, 0.25) is 5.85 Å². The van der Waals surface area contributed by atoms with Crippen molar-refractivity contribution in [1.29, 1.82) is 0 Å². The zero-order valence-corrected chi connectivity index (χ0v) is 23.1. The van der Waals surface area contributed by atoms with Crippen molar-refractivity contribution in [2.24, 2.45) is 10.4 Å². The molecule has 210 valence electrons. The van der Waals surface area contributed by atoms with Gasteiger partial charge in [-0.2, -0.15) is 4.39 Å². The van der Waals surface area contributed by atoms with Crippen LogP contribution in [-0.4, -0.2) is 85.3 Å². The molecule has 5 rings (SSSR count). The lowest BCUT2D eigenvalue weighted by Crippen LogP contribution is -2.61. The number of hydrogen-bond donors (Lipinski definition) is 3. The van der Waals surface area contributed by atoms with Gasteiger partial charge >= 0.3 is 12.1 Å². The van der Waals surface area contributed by atoms with Crippen LogP contribution in [0.25, 0.3) is 0 Å². The van der Waals surface area contributed by atoms with Crippen LogP contribution in [0.3, 0.4) is 0 Å². The molecule has 1 saturated carbocycles. The number of hydrogen-bond acceptors (Lipinski definition) is 5.